The van der Waals surface area contributed by atoms with E-state index in [1.54, 1.807) is 60.9 Å². The van der Waals surface area contributed by atoms with E-state index in [0.29, 0.717) is 34.7 Å². The fourth-order valence-electron chi connectivity index (χ4n) is 5.12. The molecule has 6 rings (SSSR count). The Bertz CT molecular complexity index is 1730. The van der Waals surface area contributed by atoms with Crippen LogP contribution in [0.3, 0.4) is 0 Å². The first-order chi connectivity index (χ1) is 20.7. The highest BCUT2D eigenvalue weighted by atomic mass is 32.1. The average molecular weight is 605 g/mol. The third-order valence-electron chi connectivity index (χ3n) is 7.80. The van der Waals surface area contributed by atoms with Crippen LogP contribution in [0.15, 0.2) is 73.1 Å². The van der Waals surface area contributed by atoms with Gasteiger partial charge in [-0.05, 0) is 53.6 Å². The lowest BCUT2D eigenvalue weighted by atomic mass is 9.96. The number of aliphatic hydroxyl groups excluding tert-OH is 1. The van der Waals surface area contributed by atoms with Crippen LogP contribution in [0.5, 0.6) is 11.8 Å². The van der Waals surface area contributed by atoms with Gasteiger partial charge in [-0.25, -0.2) is 0 Å². The van der Waals surface area contributed by atoms with Gasteiger partial charge >= 0.3 is 5.97 Å². The van der Waals surface area contributed by atoms with Crippen molar-refractivity contribution in [1.29, 1.82) is 0 Å². The number of aliphatic hydroxyl groups is 1. The van der Waals surface area contributed by atoms with Crippen molar-refractivity contribution in [2.75, 3.05) is 11.9 Å². The molecule has 222 valence electrons. The van der Waals surface area contributed by atoms with Crippen LogP contribution < -0.4 is 5.32 Å². The topological polar surface area (TPSA) is 169 Å². The van der Waals surface area contributed by atoms with Crippen molar-refractivity contribution in [3.63, 3.8) is 0 Å². The summed E-state index contributed by atoms with van der Waals surface area (Å²) in [6, 6.07) is 17.8. The largest absolute Gasteiger partial charge is 0.494 e. The van der Waals surface area contributed by atoms with Gasteiger partial charge in [0, 0.05) is 35.6 Å². The van der Waals surface area contributed by atoms with Gasteiger partial charge in [0.05, 0.1) is 15.1 Å². The van der Waals surface area contributed by atoms with E-state index in [1.165, 1.54) is 15.9 Å². The first-order valence-electron chi connectivity index (χ1n) is 13.5. The smallest absolute Gasteiger partial charge is 0.314 e. The highest BCUT2D eigenvalue weighted by Crippen LogP contribution is 2.47. The van der Waals surface area contributed by atoms with Gasteiger partial charge in [-0.3, -0.25) is 14.3 Å². The second-order valence-corrected chi connectivity index (χ2v) is 11.7. The van der Waals surface area contributed by atoms with Crippen LogP contribution in [0.25, 0.3) is 20.9 Å². The number of rotatable bonds is 12. The Balaban J connectivity index is 1.23. The van der Waals surface area contributed by atoms with E-state index >= 15 is 0 Å². The molecule has 12 nitrogen and oxygen atoms in total. The fourth-order valence-corrected chi connectivity index (χ4v) is 6.08. The highest BCUT2D eigenvalue weighted by Gasteiger charge is 2.52. The molecule has 0 unspecified atom stereocenters. The molecule has 0 amide bonds. The summed E-state index contributed by atoms with van der Waals surface area (Å²) in [6.45, 7) is -0.319. The molecule has 0 spiro atoms. The second-order valence-electron chi connectivity index (χ2n) is 10.6. The van der Waals surface area contributed by atoms with Crippen LogP contribution in [0, 0.1) is 15.5 Å². The second kappa shape index (κ2) is 11.4. The van der Waals surface area contributed by atoms with E-state index in [9.17, 15) is 30.2 Å². The molecule has 13 heteroatoms. The summed E-state index contributed by atoms with van der Waals surface area (Å²) in [5.41, 5.74) is 0.409. The molecular weight excluding hydrogens is 576 g/mol. The van der Waals surface area contributed by atoms with Gasteiger partial charge in [-0.15, -0.1) is 21.5 Å². The third kappa shape index (κ3) is 5.76. The molecule has 1 aliphatic carbocycles. The molecule has 1 fully saturated rings. The number of hydrogen-bond donors (Lipinski definition) is 4. The van der Waals surface area contributed by atoms with Crippen molar-refractivity contribution in [2.24, 2.45) is 5.41 Å². The van der Waals surface area contributed by atoms with Crippen molar-refractivity contribution < 1.29 is 34.8 Å². The molecule has 3 heterocycles. The number of hydrogen-bond acceptors (Lipinski definition) is 11. The number of pyridine rings is 1. The lowest BCUT2D eigenvalue weighted by Crippen LogP contribution is -2.30. The van der Waals surface area contributed by atoms with Crippen LogP contribution in [-0.4, -0.2) is 48.8 Å². The van der Waals surface area contributed by atoms with Crippen molar-refractivity contribution in [3.05, 3.63) is 94.3 Å². The van der Waals surface area contributed by atoms with E-state index in [4.69, 9.17) is 4.74 Å². The van der Waals surface area contributed by atoms with Crippen LogP contribution >= 0.6 is 11.3 Å². The minimum atomic E-state index is -1.12. The predicted octanol–water partition coefficient (Wildman–Crippen LogP) is 4.91. The van der Waals surface area contributed by atoms with Crippen LogP contribution in [0.4, 0.5) is 5.00 Å². The molecule has 0 saturated heterocycles. The number of benzene rings is 2. The Morgan fingerprint density at radius 1 is 1.12 bits per heavy atom. The first kappa shape index (κ1) is 28.2. The Morgan fingerprint density at radius 3 is 2.44 bits per heavy atom. The number of ether oxygens (including phenoxy) is 1. The number of nitrogens with one attached hydrogen (secondary N) is 1. The Hall–Kier alpha value is -4.88. The zero-order chi connectivity index (χ0) is 30.1. The molecule has 0 aliphatic heterocycles. The lowest BCUT2D eigenvalue weighted by molar-refractivity contribution is -0.759. The number of fused-ring (bicyclic) bond motifs is 2. The Labute approximate surface area is 248 Å². The number of anilines is 1. The standard InChI is InChI=1S/C30H28N4O8S/c35-26(32-25-13-20-9-12-31-14-24(20)43-25)23(15-33-27(36)21-3-1-2-4-22(21)28(33)37)19-7-5-18(6-8-19)16-41-29(38)30(10-11-30)17-42-34(39)40/h1-9,12-14,23,26,32,35-37H,10-11,15-17H2/t23-,26+/m1/s1. The fraction of sp³-hybridized carbons (Fsp3) is 0.267. The Kier molecular flexibility index (Phi) is 7.50. The van der Waals surface area contributed by atoms with Gasteiger partial charge in [0.1, 0.15) is 19.4 Å². The molecule has 4 N–H and O–H groups in total. The molecule has 1 aliphatic rings. The molecule has 2 aromatic carbocycles. The molecule has 0 radical (unpaired) electrons. The summed E-state index contributed by atoms with van der Waals surface area (Å²) >= 11 is 1.44. The maximum Gasteiger partial charge on any atom is 0.314 e. The third-order valence-corrected chi connectivity index (χ3v) is 8.82. The monoisotopic (exact) mass is 604 g/mol. The van der Waals surface area contributed by atoms with E-state index in [2.05, 4.69) is 15.1 Å². The normalized spacial score (nSPS) is 15.2. The number of nitrogens with zero attached hydrogens (tertiary/aromatic N) is 3. The maximum absolute atomic E-state index is 12.5. The highest BCUT2D eigenvalue weighted by molar-refractivity contribution is 7.22. The zero-order valence-corrected chi connectivity index (χ0v) is 23.6. The number of esters is 1. The van der Waals surface area contributed by atoms with E-state index in [0.717, 1.165) is 15.1 Å². The maximum atomic E-state index is 12.5. The van der Waals surface area contributed by atoms with Crippen molar-refractivity contribution in [1.82, 2.24) is 9.55 Å². The lowest BCUT2D eigenvalue weighted by Gasteiger charge is -2.26. The summed E-state index contributed by atoms with van der Waals surface area (Å²) < 4.78 is 7.75. The first-order valence-corrected chi connectivity index (χ1v) is 14.4. The molecule has 43 heavy (non-hydrogen) atoms. The number of aromatic hydroxyl groups is 2. The molecule has 1 saturated carbocycles. The van der Waals surface area contributed by atoms with Crippen LogP contribution in [0.1, 0.15) is 29.9 Å². The van der Waals surface area contributed by atoms with Gasteiger partial charge in [0.25, 0.3) is 5.09 Å². The van der Waals surface area contributed by atoms with E-state index in [-0.39, 0.29) is 31.5 Å². The molecule has 5 aromatic rings. The summed E-state index contributed by atoms with van der Waals surface area (Å²) in [5.74, 6) is -1.40. The summed E-state index contributed by atoms with van der Waals surface area (Å²) in [5, 5.41) is 48.8. The molecular formula is C30H28N4O8S. The zero-order valence-electron chi connectivity index (χ0n) is 22.8. The van der Waals surface area contributed by atoms with Gasteiger partial charge in [0.15, 0.2) is 0 Å². The molecule has 0 bridgehead atoms. The van der Waals surface area contributed by atoms with Crippen molar-refractivity contribution in [2.45, 2.75) is 38.1 Å². The van der Waals surface area contributed by atoms with E-state index < -0.39 is 28.6 Å². The van der Waals surface area contributed by atoms with Crippen molar-refractivity contribution >= 4 is 43.2 Å². The summed E-state index contributed by atoms with van der Waals surface area (Å²) in [4.78, 5) is 31.6. The van der Waals surface area contributed by atoms with Crippen LogP contribution in [0.2, 0.25) is 0 Å². The number of thiophene rings is 1. The number of carbonyl (C=O) groups is 1. The number of aromatic nitrogens is 2. The average Bonchev–Trinajstić information content (AvgIpc) is 3.64. The SMILES string of the molecule is O=C(OCc1ccc([C@@H](Cn2c(O)c3ccccc3c2O)[C@H](O)Nc2cc3ccncc3s2)cc1)C1(CO[N+](=O)[O-])CC1. The van der Waals surface area contributed by atoms with Gasteiger partial charge in [-0.2, -0.15) is 0 Å². The minimum absolute atomic E-state index is 0.0365. The van der Waals surface area contributed by atoms with Gasteiger partial charge in [-0.1, -0.05) is 36.4 Å². The van der Waals surface area contributed by atoms with Gasteiger partial charge < -0.3 is 30.2 Å². The predicted molar refractivity (Wildman–Crippen MR) is 158 cm³/mol. The summed E-state index contributed by atoms with van der Waals surface area (Å²) in [6.07, 6.45) is 3.27. The minimum Gasteiger partial charge on any atom is -0.494 e. The van der Waals surface area contributed by atoms with Crippen LogP contribution in [-0.2, 0) is 27.5 Å². The molecule has 3 aromatic heterocycles. The van der Waals surface area contributed by atoms with Crippen molar-refractivity contribution in [3.8, 4) is 11.8 Å². The van der Waals surface area contributed by atoms with Gasteiger partial charge in [0.2, 0.25) is 11.8 Å². The van der Waals surface area contributed by atoms with E-state index in [1.807, 2.05) is 12.1 Å². The Morgan fingerprint density at radius 2 is 1.81 bits per heavy atom. The number of carbonyl (C=O) groups excluding carboxylic acids is 1. The summed E-state index contributed by atoms with van der Waals surface area (Å²) in [7, 11) is 0. The quantitative estimate of drug-likeness (QED) is 0.0664. The molecule has 2 atom stereocenters.